The first-order valence-corrected chi connectivity index (χ1v) is 14.6. The molecule has 1 amide bonds. The number of carbonyl (C=O) groups is 1. The lowest BCUT2D eigenvalue weighted by Gasteiger charge is -2.37. The summed E-state index contributed by atoms with van der Waals surface area (Å²) in [5, 5.41) is 8.55. The van der Waals surface area contributed by atoms with E-state index in [1.54, 1.807) is 40.0 Å². The van der Waals surface area contributed by atoms with Crippen LogP contribution in [0.1, 0.15) is 31.9 Å². The Morgan fingerprint density at radius 3 is 2.57 bits per heavy atom. The van der Waals surface area contributed by atoms with Gasteiger partial charge in [-0.05, 0) is 62.7 Å². The van der Waals surface area contributed by atoms with Gasteiger partial charge < -0.3 is 23.6 Å². The average Bonchev–Trinajstić information content (AvgIpc) is 3.56. The second kappa shape index (κ2) is 11.3. The summed E-state index contributed by atoms with van der Waals surface area (Å²) in [7, 11) is -1.27. The molecule has 1 aliphatic heterocycles. The molecule has 2 aromatic heterocycles. The third-order valence-electron chi connectivity index (χ3n) is 6.36. The van der Waals surface area contributed by atoms with Crippen molar-refractivity contribution in [1.29, 1.82) is 0 Å². The first kappa shape index (κ1) is 28.8. The monoisotopic (exact) mass is 593 g/mol. The molecule has 1 aliphatic rings. The van der Waals surface area contributed by atoms with Gasteiger partial charge in [-0.1, -0.05) is 17.0 Å². The molecule has 1 fully saturated rings. The van der Waals surface area contributed by atoms with Crippen LogP contribution < -0.4 is 14.2 Å². The Morgan fingerprint density at radius 1 is 1.14 bits per heavy atom. The lowest BCUT2D eigenvalue weighted by molar-refractivity contribution is 0.00591. The Labute approximate surface area is 243 Å². The summed E-state index contributed by atoms with van der Waals surface area (Å²) in [6, 6.07) is 9.92. The van der Waals surface area contributed by atoms with Gasteiger partial charge in [0.2, 0.25) is 0 Å². The Bertz CT molecular complexity index is 1770. The Balaban J connectivity index is 1.32. The number of amides is 1. The number of hydrogen-bond donors (Lipinski definition) is 1. The van der Waals surface area contributed by atoms with Gasteiger partial charge in [0.05, 0.1) is 26.7 Å². The Kier molecular flexibility index (Phi) is 7.74. The minimum absolute atomic E-state index is 0.0101. The number of benzene rings is 2. The Hall–Kier alpha value is -4.70. The van der Waals surface area contributed by atoms with Crippen LogP contribution in [0.3, 0.4) is 0 Å². The summed E-state index contributed by atoms with van der Waals surface area (Å²) in [6.45, 7) is 6.86. The van der Waals surface area contributed by atoms with Crippen LogP contribution in [0.2, 0.25) is 0 Å². The molecule has 4 aromatic rings. The molecule has 13 heteroatoms. The van der Waals surface area contributed by atoms with Crippen LogP contribution in [0, 0.1) is 17.8 Å². The highest BCUT2D eigenvalue weighted by Crippen LogP contribution is 2.36. The van der Waals surface area contributed by atoms with E-state index in [1.165, 1.54) is 20.3 Å². The quantitative estimate of drug-likeness (QED) is 0.314. The van der Waals surface area contributed by atoms with Crippen LogP contribution in [-0.2, 0) is 21.3 Å². The highest BCUT2D eigenvalue weighted by atomic mass is 32.2. The number of aromatic nitrogens is 3. The maximum atomic E-state index is 13.4. The SMILES string of the molecule is COc1cc(C#CC2CN(C(=O)OC(C)(C)C)C2)ccc1S(=O)(=O)Nc1noc2cc(Cn3cccn3)cc(OC)c12. The van der Waals surface area contributed by atoms with E-state index in [0.29, 0.717) is 41.9 Å². The van der Waals surface area contributed by atoms with Crippen molar-refractivity contribution in [2.75, 3.05) is 32.0 Å². The number of likely N-dealkylation sites (tertiary alicyclic amines) is 1. The fourth-order valence-corrected chi connectivity index (χ4v) is 5.53. The molecule has 0 atom stereocenters. The number of sulfonamides is 1. The van der Waals surface area contributed by atoms with Crippen LogP contribution in [0.4, 0.5) is 10.6 Å². The summed E-state index contributed by atoms with van der Waals surface area (Å²) >= 11 is 0. The molecule has 42 heavy (non-hydrogen) atoms. The third kappa shape index (κ3) is 6.28. The fraction of sp³-hybridized carbons (Fsp3) is 0.345. The average molecular weight is 594 g/mol. The summed E-state index contributed by atoms with van der Waals surface area (Å²) < 4.78 is 52.8. The summed E-state index contributed by atoms with van der Waals surface area (Å²) in [6.07, 6.45) is 3.14. The molecule has 2 aromatic carbocycles. The molecular weight excluding hydrogens is 562 g/mol. The lowest BCUT2D eigenvalue weighted by atomic mass is 10.0. The van der Waals surface area contributed by atoms with E-state index in [2.05, 4.69) is 26.8 Å². The topological polar surface area (TPSA) is 138 Å². The number of ether oxygens (including phenoxy) is 3. The number of carbonyl (C=O) groups excluding carboxylic acids is 1. The normalized spacial score (nSPS) is 13.7. The van der Waals surface area contributed by atoms with Gasteiger partial charge in [0.1, 0.15) is 27.4 Å². The van der Waals surface area contributed by atoms with E-state index in [1.807, 2.05) is 33.0 Å². The predicted octanol–water partition coefficient (Wildman–Crippen LogP) is 4.11. The standard InChI is InChI=1S/C29H31N5O7S/c1-29(2,3)40-28(35)33-16-20(17-33)8-7-19-9-10-25(22(13-19)38-4)42(36,37)32-27-26-23(39-5)14-21(15-24(26)41-31-27)18-34-12-6-11-30-34/h6,9-15,20H,16-18H2,1-5H3,(H,31,32). The van der Waals surface area contributed by atoms with Crippen molar-refractivity contribution in [2.24, 2.45) is 5.92 Å². The van der Waals surface area contributed by atoms with Crippen LogP contribution in [-0.4, -0.2) is 67.3 Å². The van der Waals surface area contributed by atoms with Gasteiger partial charge in [-0.15, -0.1) is 0 Å². The number of fused-ring (bicyclic) bond motifs is 1. The predicted molar refractivity (Wildman–Crippen MR) is 154 cm³/mol. The van der Waals surface area contributed by atoms with E-state index in [4.69, 9.17) is 18.7 Å². The zero-order valence-corrected chi connectivity index (χ0v) is 24.7. The first-order valence-electron chi connectivity index (χ1n) is 13.1. The summed E-state index contributed by atoms with van der Waals surface area (Å²) in [4.78, 5) is 13.6. The summed E-state index contributed by atoms with van der Waals surface area (Å²) in [5.74, 6) is 6.64. The van der Waals surface area contributed by atoms with E-state index in [0.717, 1.165) is 5.56 Å². The largest absolute Gasteiger partial charge is 0.496 e. The van der Waals surface area contributed by atoms with Gasteiger partial charge >= 0.3 is 6.09 Å². The highest BCUT2D eigenvalue weighted by Gasteiger charge is 2.32. The highest BCUT2D eigenvalue weighted by molar-refractivity contribution is 7.92. The second-order valence-electron chi connectivity index (χ2n) is 10.7. The van der Waals surface area contributed by atoms with Gasteiger partial charge in [0.15, 0.2) is 11.4 Å². The van der Waals surface area contributed by atoms with Crippen molar-refractivity contribution < 1.29 is 31.9 Å². The van der Waals surface area contributed by atoms with Crippen molar-refractivity contribution in [3.05, 3.63) is 59.9 Å². The number of nitrogens with one attached hydrogen (secondary N) is 1. The molecular formula is C29H31N5O7S. The van der Waals surface area contributed by atoms with Gasteiger partial charge in [-0.2, -0.15) is 5.10 Å². The van der Waals surface area contributed by atoms with E-state index < -0.39 is 15.6 Å². The van der Waals surface area contributed by atoms with Gasteiger partial charge in [-0.3, -0.25) is 9.40 Å². The van der Waals surface area contributed by atoms with E-state index in [9.17, 15) is 13.2 Å². The zero-order valence-electron chi connectivity index (χ0n) is 23.9. The molecule has 0 unspecified atom stereocenters. The first-order chi connectivity index (χ1) is 20.0. The van der Waals surface area contributed by atoms with Crippen LogP contribution in [0.5, 0.6) is 11.5 Å². The van der Waals surface area contributed by atoms with Crippen LogP contribution >= 0.6 is 0 Å². The minimum atomic E-state index is -4.14. The van der Waals surface area contributed by atoms with Crippen LogP contribution in [0.15, 0.2) is 58.2 Å². The molecule has 0 spiro atoms. The maximum absolute atomic E-state index is 13.4. The number of hydrogen-bond acceptors (Lipinski definition) is 9. The van der Waals surface area contributed by atoms with Crippen molar-refractivity contribution in [3.63, 3.8) is 0 Å². The van der Waals surface area contributed by atoms with E-state index in [-0.39, 0.29) is 28.5 Å². The molecule has 12 nitrogen and oxygen atoms in total. The zero-order chi connectivity index (χ0) is 30.1. The van der Waals surface area contributed by atoms with E-state index >= 15 is 0 Å². The van der Waals surface area contributed by atoms with Crippen molar-refractivity contribution >= 4 is 32.9 Å². The van der Waals surface area contributed by atoms with Crippen LogP contribution in [0.25, 0.3) is 11.0 Å². The van der Waals surface area contributed by atoms with Gasteiger partial charge in [0, 0.05) is 31.0 Å². The molecule has 0 saturated carbocycles. The molecule has 1 saturated heterocycles. The van der Waals surface area contributed by atoms with Gasteiger partial charge in [0.25, 0.3) is 10.0 Å². The molecule has 220 valence electrons. The number of methoxy groups -OCH3 is 2. The maximum Gasteiger partial charge on any atom is 0.410 e. The molecule has 1 N–H and O–H groups in total. The third-order valence-corrected chi connectivity index (χ3v) is 7.74. The lowest BCUT2D eigenvalue weighted by Crippen LogP contribution is -2.51. The molecule has 5 rings (SSSR count). The molecule has 0 bridgehead atoms. The minimum Gasteiger partial charge on any atom is -0.496 e. The number of nitrogens with zero attached hydrogens (tertiary/aromatic N) is 4. The van der Waals surface area contributed by atoms with Crippen molar-refractivity contribution in [1.82, 2.24) is 19.8 Å². The number of anilines is 1. The molecule has 3 heterocycles. The Morgan fingerprint density at radius 2 is 1.90 bits per heavy atom. The summed E-state index contributed by atoms with van der Waals surface area (Å²) in [5.41, 5.74) is 1.21. The fourth-order valence-electron chi connectivity index (χ4n) is 4.37. The van der Waals surface area contributed by atoms with Crippen molar-refractivity contribution in [2.45, 2.75) is 37.8 Å². The number of rotatable bonds is 7. The second-order valence-corrected chi connectivity index (χ2v) is 12.4. The smallest absolute Gasteiger partial charge is 0.410 e. The molecule has 0 radical (unpaired) electrons. The molecule has 0 aliphatic carbocycles. The van der Waals surface area contributed by atoms with Crippen molar-refractivity contribution in [3.8, 4) is 23.3 Å². The van der Waals surface area contributed by atoms with Gasteiger partial charge in [-0.25, -0.2) is 13.2 Å².